The third kappa shape index (κ3) is 9.58. The molecule has 1 unspecified atom stereocenters. The lowest BCUT2D eigenvalue weighted by atomic mass is 10.1. The Morgan fingerprint density at radius 3 is 2.37 bits per heavy atom. The summed E-state index contributed by atoms with van der Waals surface area (Å²) in [4.78, 5) is 31.6. The van der Waals surface area contributed by atoms with Crippen molar-refractivity contribution in [2.45, 2.75) is 115 Å². The molecule has 4 rings (SSSR count). The third-order valence-electron chi connectivity index (χ3n) is 10.2. The van der Waals surface area contributed by atoms with E-state index in [2.05, 4.69) is 94.9 Å². The summed E-state index contributed by atoms with van der Waals surface area (Å²) in [6, 6.07) is 6.00. The van der Waals surface area contributed by atoms with E-state index in [0.717, 1.165) is 0 Å². The van der Waals surface area contributed by atoms with Gasteiger partial charge in [-0.05, 0) is 54.5 Å². The predicted octanol–water partition coefficient (Wildman–Crippen LogP) is 7.68. The highest BCUT2D eigenvalue weighted by Crippen LogP contribution is 2.43. The van der Waals surface area contributed by atoms with E-state index in [0.29, 0.717) is 35.4 Å². The monoisotopic (exact) mass is 762 g/mol. The maximum Gasteiger partial charge on any atom is 0.471 e. The van der Waals surface area contributed by atoms with Gasteiger partial charge in [-0.3, -0.25) is 19.5 Å². The van der Waals surface area contributed by atoms with Gasteiger partial charge in [0.2, 0.25) is 0 Å². The van der Waals surface area contributed by atoms with Crippen LogP contribution in [0.5, 0.6) is 0 Å². The standard InChI is InChI=1S/C35H49F3N6O6Si2/c1-33(2,3)51(7,8)48-21-28-27(50-52(9,10)34(4,5)6)19-29(49-28)43-22-42-30-25(15-17-39-31(30)43)41-20-24-14-13-23(18-26(24)44(46)47)12-11-16-40-32(45)35(36,37)38/h13-15,17-18,22,27-29H,16,19-21H2,1-10H3,(H,39,41)(H,40,45)/t27?,28-,29-/m1/s1. The molecule has 284 valence electrons. The van der Waals surface area contributed by atoms with Gasteiger partial charge in [-0.2, -0.15) is 13.2 Å². The summed E-state index contributed by atoms with van der Waals surface area (Å²) < 4.78 is 59.2. The van der Waals surface area contributed by atoms with E-state index < -0.39 is 46.4 Å². The smallest absolute Gasteiger partial charge is 0.414 e. The highest BCUT2D eigenvalue weighted by atomic mass is 28.4. The van der Waals surface area contributed by atoms with Crippen molar-refractivity contribution in [1.29, 1.82) is 0 Å². The number of nitro benzene ring substituents is 1. The maximum absolute atomic E-state index is 12.4. The molecule has 17 heteroatoms. The van der Waals surface area contributed by atoms with Crippen LogP contribution in [-0.2, 0) is 24.9 Å². The van der Waals surface area contributed by atoms with Gasteiger partial charge in [0.25, 0.3) is 5.69 Å². The molecule has 1 saturated heterocycles. The van der Waals surface area contributed by atoms with E-state index in [1.165, 1.54) is 18.2 Å². The molecular formula is C35H49F3N6O6Si2. The number of carbonyl (C=O) groups excluding carboxylic acids is 1. The molecule has 0 bridgehead atoms. The Balaban J connectivity index is 1.53. The largest absolute Gasteiger partial charge is 0.471 e. The lowest BCUT2D eigenvalue weighted by Gasteiger charge is -2.40. The highest BCUT2D eigenvalue weighted by Gasteiger charge is 2.47. The van der Waals surface area contributed by atoms with Crippen LogP contribution in [0.2, 0.25) is 36.3 Å². The number of carbonyl (C=O) groups is 1. The van der Waals surface area contributed by atoms with Crippen molar-refractivity contribution < 1.29 is 36.5 Å². The van der Waals surface area contributed by atoms with Crippen LogP contribution in [0.3, 0.4) is 0 Å². The fraction of sp³-hybridized carbons (Fsp3) is 0.571. The molecule has 0 spiro atoms. The maximum atomic E-state index is 12.4. The number of hydrogen-bond acceptors (Lipinski definition) is 9. The number of anilines is 1. The Labute approximate surface area is 304 Å². The normalized spacial score (nSPS) is 18.6. The fourth-order valence-corrected chi connectivity index (χ4v) is 7.39. The second kappa shape index (κ2) is 15.3. The lowest BCUT2D eigenvalue weighted by molar-refractivity contribution is -0.385. The molecule has 52 heavy (non-hydrogen) atoms. The first kappa shape index (κ1) is 40.9. The zero-order chi connectivity index (χ0) is 38.9. The Morgan fingerprint density at radius 2 is 1.75 bits per heavy atom. The van der Waals surface area contributed by atoms with Gasteiger partial charge in [-0.15, -0.1) is 0 Å². The third-order valence-corrected chi connectivity index (χ3v) is 19.2. The number of benzene rings is 1. The Bertz CT molecular complexity index is 1840. The molecule has 0 aliphatic carbocycles. The van der Waals surface area contributed by atoms with Crippen molar-refractivity contribution >= 4 is 45.1 Å². The molecule has 1 fully saturated rings. The summed E-state index contributed by atoms with van der Waals surface area (Å²) >= 11 is 0. The van der Waals surface area contributed by atoms with Gasteiger partial charge in [0, 0.05) is 36.4 Å². The van der Waals surface area contributed by atoms with Crippen LogP contribution >= 0.6 is 0 Å². The average Bonchev–Trinajstić information content (AvgIpc) is 3.63. The predicted molar refractivity (Wildman–Crippen MR) is 198 cm³/mol. The molecule has 3 heterocycles. The minimum atomic E-state index is -5.02. The van der Waals surface area contributed by atoms with Gasteiger partial charge in [0.1, 0.15) is 17.8 Å². The minimum Gasteiger partial charge on any atom is -0.414 e. The molecule has 1 aromatic carbocycles. The van der Waals surface area contributed by atoms with Crippen LogP contribution < -0.4 is 10.6 Å². The first-order chi connectivity index (χ1) is 23.9. The van der Waals surface area contributed by atoms with Crippen LogP contribution in [-0.4, -0.2) is 73.5 Å². The number of alkyl halides is 3. The summed E-state index contributed by atoms with van der Waals surface area (Å²) in [6.45, 7) is 22.0. The van der Waals surface area contributed by atoms with Crippen LogP contribution in [0, 0.1) is 22.0 Å². The summed E-state index contributed by atoms with van der Waals surface area (Å²) in [5.74, 6) is 2.81. The van der Waals surface area contributed by atoms with Gasteiger partial charge < -0.3 is 24.2 Å². The first-order valence-electron chi connectivity index (χ1n) is 17.0. The Kier molecular flexibility index (Phi) is 12.0. The van der Waals surface area contributed by atoms with Gasteiger partial charge in [-0.1, -0.05) is 53.4 Å². The number of hydrogen-bond donors (Lipinski definition) is 2. The fourth-order valence-electron chi connectivity index (χ4n) is 5.02. The molecule has 12 nitrogen and oxygen atoms in total. The molecule has 3 atom stereocenters. The van der Waals surface area contributed by atoms with Gasteiger partial charge in [0.15, 0.2) is 22.3 Å². The number of rotatable bonds is 11. The van der Waals surface area contributed by atoms with E-state index in [1.54, 1.807) is 23.9 Å². The van der Waals surface area contributed by atoms with E-state index in [1.807, 2.05) is 4.57 Å². The second-order valence-corrected chi connectivity index (χ2v) is 25.5. The average molecular weight is 763 g/mol. The highest BCUT2D eigenvalue weighted by molar-refractivity contribution is 6.74. The molecule has 3 aromatic rings. The minimum absolute atomic E-state index is 0.00127. The lowest BCUT2D eigenvalue weighted by Crippen LogP contribution is -2.48. The zero-order valence-corrected chi connectivity index (χ0v) is 33.4. The number of halogens is 3. The molecule has 1 aliphatic rings. The number of ether oxygens (including phenoxy) is 1. The summed E-state index contributed by atoms with van der Waals surface area (Å²) in [5.41, 5.74) is 2.06. The zero-order valence-electron chi connectivity index (χ0n) is 31.4. The molecule has 0 saturated carbocycles. The quantitative estimate of drug-likeness (QED) is 0.0871. The van der Waals surface area contributed by atoms with Crippen molar-refractivity contribution in [3.8, 4) is 11.8 Å². The number of imidazole rings is 1. The van der Waals surface area contributed by atoms with E-state index in [4.69, 9.17) is 13.6 Å². The van der Waals surface area contributed by atoms with Crippen molar-refractivity contribution in [2.24, 2.45) is 0 Å². The molecule has 0 radical (unpaired) electrons. The van der Waals surface area contributed by atoms with E-state index in [-0.39, 0.29) is 40.1 Å². The van der Waals surface area contributed by atoms with E-state index in [9.17, 15) is 28.1 Å². The number of nitrogens with one attached hydrogen (secondary N) is 2. The van der Waals surface area contributed by atoms with Crippen LogP contribution in [0.15, 0.2) is 36.8 Å². The summed E-state index contributed by atoms with van der Waals surface area (Å²) in [5, 5.41) is 16.8. The molecule has 2 N–H and O–H groups in total. The summed E-state index contributed by atoms with van der Waals surface area (Å²) in [7, 11) is -4.23. The molecule has 2 aromatic heterocycles. The molecule has 1 aliphatic heterocycles. The summed E-state index contributed by atoms with van der Waals surface area (Å²) in [6.07, 6.45) is -2.03. The van der Waals surface area contributed by atoms with E-state index >= 15 is 0 Å². The number of aromatic nitrogens is 3. The number of nitro groups is 1. The van der Waals surface area contributed by atoms with Crippen LogP contribution in [0.4, 0.5) is 24.5 Å². The van der Waals surface area contributed by atoms with Crippen LogP contribution in [0.25, 0.3) is 11.2 Å². The Hall–Kier alpha value is -3.83. The van der Waals surface area contributed by atoms with Crippen molar-refractivity contribution in [3.05, 3.63) is 58.0 Å². The number of nitrogens with zero attached hydrogens (tertiary/aromatic N) is 4. The SMILES string of the molecule is CC(C)(C)[Si](C)(C)OC[C@H]1O[C@@H](n2cnc3c(NCc4ccc(C#CCNC(=O)C(F)(F)F)cc4[N+](=O)[O-])ccnc32)CC1O[Si](C)(C)C(C)(C)C. The topological polar surface area (TPSA) is 143 Å². The van der Waals surface area contributed by atoms with Crippen molar-refractivity contribution in [3.63, 3.8) is 0 Å². The Morgan fingerprint density at radius 1 is 1.08 bits per heavy atom. The number of amides is 1. The molecular weight excluding hydrogens is 714 g/mol. The first-order valence-corrected chi connectivity index (χ1v) is 22.9. The van der Waals surface area contributed by atoms with Crippen molar-refractivity contribution in [1.82, 2.24) is 19.9 Å². The number of pyridine rings is 1. The second-order valence-electron chi connectivity index (χ2n) is 16.0. The van der Waals surface area contributed by atoms with Gasteiger partial charge in [0.05, 0.1) is 36.2 Å². The van der Waals surface area contributed by atoms with Gasteiger partial charge >= 0.3 is 12.1 Å². The van der Waals surface area contributed by atoms with Crippen molar-refractivity contribution in [2.75, 3.05) is 18.5 Å². The number of fused-ring (bicyclic) bond motifs is 1. The van der Waals surface area contributed by atoms with Gasteiger partial charge in [-0.25, -0.2) is 9.97 Å². The molecule has 1 amide bonds. The van der Waals surface area contributed by atoms with Crippen LogP contribution in [0.1, 0.15) is 65.3 Å².